The molecule has 0 bridgehead atoms. The molecule has 0 aliphatic heterocycles. The average molecular weight is 125 g/mol. The van der Waals surface area contributed by atoms with Crippen LogP contribution in [0.2, 0.25) is 0 Å². The van der Waals surface area contributed by atoms with Gasteiger partial charge >= 0.3 is 0 Å². The second kappa shape index (κ2) is 2.90. The smallest absolute Gasteiger partial charge is 0.0328 e. The molecule has 0 radical (unpaired) electrons. The molecule has 1 rings (SSSR count). The van der Waals surface area contributed by atoms with E-state index in [4.69, 9.17) is 0 Å². The van der Waals surface area contributed by atoms with Gasteiger partial charge in [-0.1, -0.05) is 19.4 Å². The molecule has 1 unspecified atom stereocenters. The lowest BCUT2D eigenvalue weighted by Crippen LogP contribution is -2.11. The molecule has 52 valence electrons. The van der Waals surface area contributed by atoms with Gasteiger partial charge in [0.25, 0.3) is 0 Å². The highest BCUT2D eigenvalue weighted by molar-refractivity contribution is 4.95. The van der Waals surface area contributed by atoms with Crippen molar-refractivity contribution >= 4 is 0 Å². The molecule has 0 N–H and O–H groups in total. The summed E-state index contributed by atoms with van der Waals surface area (Å²) in [5.74, 6) is 1.14. The zero-order valence-corrected chi connectivity index (χ0v) is 5.89. The van der Waals surface area contributed by atoms with E-state index >= 15 is 0 Å². The van der Waals surface area contributed by atoms with Gasteiger partial charge in [0.2, 0.25) is 0 Å². The van der Waals surface area contributed by atoms with Gasteiger partial charge < -0.3 is 5.11 Å². The predicted octanol–water partition coefficient (Wildman–Crippen LogP) is 1.44. The van der Waals surface area contributed by atoms with Gasteiger partial charge in [-0.15, -0.1) is 5.76 Å². The van der Waals surface area contributed by atoms with E-state index in [1.807, 2.05) is 6.08 Å². The molecule has 0 fully saturated rings. The molecule has 0 amide bonds. The van der Waals surface area contributed by atoms with Crippen LogP contribution in [0.1, 0.15) is 32.6 Å². The molecule has 0 aromatic heterocycles. The van der Waals surface area contributed by atoms with Crippen molar-refractivity contribution in [1.29, 1.82) is 0 Å². The van der Waals surface area contributed by atoms with Crippen LogP contribution in [0.25, 0.3) is 0 Å². The first-order valence-corrected chi connectivity index (χ1v) is 3.69. The summed E-state index contributed by atoms with van der Waals surface area (Å²) in [5.41, 5.74) is 0. The SMILES string of the molecule is CCC1CC=C([O-])CC1. The molecule has 1 nitrogen and oxygen atoms in total. The second-order valence-corrected chi connectivity index (χ2v) is 2.72. The molecule has 1 aliphatic carbocycles. The first-order valence-electron chi connectivity index (χ1n) is 3.69. The maximum absolute atomic E-state index is 10.7. The molecular formula is C8H13O-. The summed E-state index contributed by atoms with van der Waals surface area (Å²) >= 11 is 0. The highest BCUT2D eigenvalue weighted by atomic mass is 16.3. The quantitative estimate of drug-likeness (QED) is 0.520. The van der Waals surface area contributed by atoms with Crippen LogP contribution in [-0.4, -0.2) is 0 Å². The van der Waals surface area contributed by atoms with Gasteiger partial charge in [0.1, 0.15) is 0 Å². The lowest BCUT2D eigenvalue weighted by molar-refractivity contribution is -0.308. The Balaban J connectivity index is 2.36. The molecule has 0 spiro atoms. The minimum absolute atomic E-state index is 0.347. The van der Waals surface area contributed by atoms with Crippen LogP contribution < -0.4 is 5.11 Å². The summed E-state index contributed by atoms with van der Waals surface area (Å²) in [6.45, 7) is 2.19. The Hall–Kier alpha value is -0.460. The highest BCUT2D eigenvalue weighted by Gasteiger charge is 2.06. The zero-order chi connectivity index (χ0) is 6.69. The van der Waals surface area contributed by atoms with Crippen molar-refractivity contribution < 1.29 is 5.11 Å². The first-order chi connectivity index (χ1) is 4.33. The molecule has 0 saturated heterocycles. The van der Waals surface area contributed by atoms with Gasteiger partial charge in [0.15, 0.2) is 0 Å². The molecule has 0 aromatic carbocycles. The topological polar surface area (TPSA) is 23.1 Å². The molecule has 1 aliphatic rings. The van der Waals surface area contributed by atoms with Crippen LogP contribution in [0.4, 0.5) is 0 Å². The number of hydrogen-bond donors (Lipinski definition) is 0. The third kappa shape index (κ3) is 1.74. The molecular weight excluding hydrogens is 112 g/mol. The summed E-state index contributed by atoms with van der Waals surface area (Å²) in [7, 11) is 0. The lowest BCUT2D eigenvalue weighted by atomic mass is 9.91. The second-order valence-electron chi connectivity index (χ2n) is 2.72. The van der Waals surface area contributed by atoms with Crippen LogP contribution in [0.5, 0.6) is 0 Å². The normalized spacial score (nSPS) is 27.7. The maximum Gasteiger partial charge on any atom is -0.0328 e. The fourth-order valence-electron chi connectivity index (χ4n) is 1.24. The van der Waals surface area contributed by atoms with Crippen molar-refractivity contribution in [1.82, 2.24) is 0 Å². The van der Waals surface area contributed by atoms with E-state index in [0.717, 1.165) is 25.2 Å². The van der Waals surface area contributed by atoms with Crippen LogP contribution in [0, 0.1) is 5.92 Å². The lowest BCUT2D eigenvalue weighted by Gasteiger charge is -2.23. The van der Waals surface area contributed by atoms with E-state index in [-0.39, 0.29) is 0 Å². The Morgan fingerprint density at radius 1 is 1.78 bits per heavy atom. The Kier molecular flexibility index (Phi) is 2.15. The Morgan fingerprint density at radius 3 is 3.00 bits per heavy atom. The van der Waals surface area contributed by atoms with E-state index in [1.54, 1.807) is 0 Å². The van der Waals surface area contributed by atoms with E-state index in [1.165, 1.54) is 6.42 Å². The first kappa shape index (κ1) is 6.66. The van der Waals surface area contributed by atoms with Gasteiger partial charge in [0, 0.05) is 0 Å². The predicted molar refractivity (Wildman–Crippen MR) is 35.7 cm³/mol. The molecule has 9 heavy (non-hydrogen) atoms. The minimum atomic E-state index is 0.347. The monoisotopic (exact) mass is 125 g/mol. The van der Waals surface area contributed by atoms with Crippen molar-refractivity contribution in [2.45, 2.75) is 32.6 Å². The van der Waals surface area contributed by atoms with E-state index < -0.39 is 0 Å². The Labute approximate surface area is 56.4 Å². The van der Waals surface area contributed by atoms with Gasteiger partial charge in [0.05, 0.1) is 0 Å². The van der Waals surface area contributed by atoms with Crippen LogP contribution in [0.3, 0.4) is 0 Å². The van der Waals surface area contributed by atoms with Gasteiger partial charge in [-0.25, -0.2) is 0 Å². The van der Waals surface area contributed by atoms with Crippen LogP contribution in [0.15, 0.2) is 11.8 Å². The van der Waals surface area contributed by atoms with Crippen molar-refractivity contribution in [3.05, 3.63) is 11.8 Å². The van der Waals surface area contributed by atoms with E-state index in [0.29, 0.717) is 5.76 Å². The molecule has 0 heterocycles. The van der Waals surface area contributed by atoms with Crippen molar-refractivity contribution in [3.63, 3.8) is 0 Å². The van der Waals surface area contributed by atoms with Crippen molar-refractivity contribution in [3.8, 4) is 0 Å². The fourth-order valence-corrected chi connectivity index (χ4v) is 1.24. The third-order valence-corrected chi connectivity index (χ3v) is 2.06. The van der Waals surface area contributed by atoms with Gasteiger partial charge in [-0.05, 0) is 25.2 Å². The van der Waals surface area contributed by atoms with Gasteiger partial charge in [-0.3, -0.25) is 0 Å². The molecule has 0 saturated carbocycles. The molecule has 1 atom stereocenters. The highest BCUT2D eigenvalue weighted by Crippen LogP contribution is 2.22. The van der Waals surface area contributed by atoms with Crippen molar-refractivity contribution in [2.24, 2.45) is 5.92 Å². The van der Waals surface area contributed by atoms with Crippen molar-refractivity contribution in [2.75, 3.05) is 0 Å². The zero-order valence-electron chi connectivity index (χ0n) is 5.89. The summed E-state index contributed by atoms with van der Waals surface area (Å²) in [6.07, 6.45) is 6.00. The number of rotatable bonds is 1. The van der Waals surface area contributed by atoms with E-state index in [2.05, 4.69) is 6.92 Å². The largest absolute Gasteiger partial charge is 0.876 e. The van der Waals surface area contributed by atoms with E-state index in [9.17, 15) is 5.11 Å². The van der Waals surface area contributed by atoms with Gasteiger partial charge in [-0.2, -0.15) is 0 Å². The van der Waals surface area contributed by atoms with Crippen LogP contribution in [-0.2, 0) is 0 Å². The Bertz CT molecular complexity index is 116. The standard InChI is InChI=1S/C8H14O/c1-2-7-3-5-8(9)6-4-7/h5,7,9H,2-4,6H2,1H3/p-1. The summed E-state index contributed by atoms with van der Waals surface area (Å²) < 4.78 is 0. The fraction of sp³-hybridized carbons (Fsp3) is 0.750. The summed E-state index contributed by atoms with van der Waals surface area (Å²) in [4.78, 5) is 0. The maximum atomic E-state index is 10.7. The molecule has 0 aromatic rings. The Morgan fingerprint density at radius 2 is 2.56 bits per heavy atom. The minimum Gasteiger partial charge on any atom is -0.876 e. The summed E-state index contributed by atoms with van der Waals surface area (Å²) in [6, 6.07) is 0. The summed E-state index contributed by atoms with van der Waals surface area (Å²) in [5, 5.41) is 10.7. The average Bonchev–Trinajstić information content (AvgIpc) is 1.90. The third-order valence-electron chi connectivity index (χ3n) is 2.06. The number of hydrogen-bond acceptors (Lipinski definition) is 1. The number of allylic oxidation sites excluding steroid dienone is 2. The van der Waals surface area contributed by atoms with Crippen LogP contribution >= 0.6 is 0 Å². The molecule has 1 heteroatoms.